The van der Waals surface area contributed by atoms with Crippen LogP contribution in [-0.4, -0.2) is 59.9 Å². The molecule has 0 unspecified atom stereocenters. The van der Waals surface area contributed by atoms with Gasteiger partial charge >= 0.3 is 0 Å². The van der Waals surface area contributed by atoms with Crippen molar-refractivity contribution < 1.29 is 20.2 Å². The minimum Gasteiger partial charge on any atom is -0.395 e. The van der Waals surface area contributed by atoms with E-state index in [1.54, 1.807) is 0 Å². The molecule has 0 aliphatic carbocycles. The number of hydroxylamine groups is 2. The number of hydrogen-bond acceptors (Lipinski definition) is 5. The van der Waals surface area contributed by atoms with E-state index in [-0.39, 0.29) is 26.4 Å². The monoisotopic (exact) mass is 165 g/mol. The second-order valence-electron chi connectivity index (χ2n) is 1.93. The van der Waals surface area contributed by atoms with Gasteiger partial charge in [-0.1, -0.05) is 0 Å². The van der Waals surface area contributed by atoms with E-state index in [2.05, 4.69) is 0 Å². The highest BCUT2D eigenvalue weighted by Crippen LogP contribution is 1.87. The van der Waals surface area contributed by atoms with Gasteiger partial charge in [-0.05, 0) is 0 Å². The van der Waals surface area contributed by atoms with Crippen LogP contribution < -0.4 is 0 Å². The molecule has 5 heteroatoms. The zero-order chi connectivity index (χ0) is 8.53. The van der Waals surface area contributed by atoms with Gasteiger partial charge in [0.2, 0.25) is 0 Å². The van der Waals surface area contributed by atoms with Gasteiger partial charge in [0.15, 0.2) is 0 Å². The van der Waals surface area contributed by atoms with E-state index in [9.17, 15) is 0 Å². The Hall–Kier alpha value is -0.200. The fourth-order valence-electron chi connectivity index (χ4n) is 0.634. The van der Waals surface area contributed by atoms with Crippen molar-refractivity contribution in [3.63, 3.8) is 0 Å². The second-order valence-corrected chi connectivity index (χ2v) is 1.93. The lowest BCUT2D eigenvalue weighted by Gasteiger charge is -2.18. The molecular weight excluding hydrogens is 150 g/mol. The third kappa shape index (κ3) is 6.21. The average Bonchev–Trinajstić information content (AvgIpc) is 2.01. The third-order valence-electron chi connectivity index (χ3n) is 1.06. The van der Waals surface area contributed by atoms with Crippen molar-refractivity contribution in [3.05, 3.63) is 0 Å². The summed E-state index contributed by atoms with van der Waals surface area (Å²) in [7, 11) is 0. The van der Waals surface area contributed by atoms with Crippen LogP contribution in [0.1, 0.15) is 0 Å². The van der Waals surface area contributed by atoms with E-state index in [4.69, 9.17) is 20.2 Å². The molecule has 3 N–H and O–H groups in total. The number of aliphatic hydroxyl groups excluding tert-OH is 3. The summed E-state index contributed by atoms with van der Waals surface area (Å²) in [5, 5.41) is 26.8. The van der Waals surface area contributed by atoms with Crippen molar-refractivity contribution >= 4 is 0 Å². The summed E-state index contributed by atoms with van der Waals surface area (Å²) in [5.41, 5.74) is 0. The van der Waals surface area contributed by atoms with Crippen LogP contribution in [0.15, 0.2) is 0 Å². The van der Waals surface area contributed by atoms with Gasteiger partial charge in [0.25, 0.3) is 0 Å². The van der Waals surface area contributed by atoms with Crippen molar-refractivity contribution in [1.29, 1.82) is 0 Å². The van der Waals surface area contributed by atoms with Gasteiger partial charge in [0, 0.05) is 13.1 Å². The number of hydrogen-bond donors (Lipinski definition) is 3. The van der Waals surface area contributed by atoms with E-state index in [0.717, 1.165) is 0 Å². The summed E-state index contributed by atoms with van der Waals surface area (Å²) in [6.07, 6.45) is 0. The summed E-state index contributed by atoms with van der Waals surface area (Å²) in [6.45, 7) is 0.783. The fourth-order valence-corrected chi connectivity index (χ4v) is 0.634. The minimum absolute atomic E-state index is 0.0224. The third-order valence-corrected chi connectivity index (χ3v) is 1.06. The Morgan fingerprint density at radius 2 is 1.45 bits per heavy atom. The SMILES string of the molecule is OCCON(CCO)CCO. The molecule has 0 aromatic heterocycles. The Morgan fingerprint density at radius 3 is 1.82 bits per heavy atom. The minimum atomic E-state index is -0.0621. The van der Waals surface area contributed by atoms with Crippen molar-refractivity contribution in [2.24, 2.45) is 0 Å². The van der Waals surface area contributed by atoms with Gasteiger partial charge in [0.05, 0.1) is 26.4 Å². The maximum atomic E-state index is 8.50. The molecule has 0 saturated heterocycles. The van der Waals surface area contributed by atoms with Crippen molar-refractivity contribution in [2.45, 2.75) is 0 Å². The summed E-state index contributed by atoms with van der Waals surface area (Å²) in [5.74, 6) is 0. The predicted octanol–water partition coefficient (Wildman–Crippen LogP) is -1.80. The molecule has 0 bridgehead atoms. The molecule has 68 valence electrons. The Bertz CT molecular complexity index is 75.0. The predicted molar refractivity (Wildman–Crippen MR) is 38.8 cm³/mol. The summed E-state index contributed by atoms with van der Waals surface area (Å²) >= 11 is 0. The Labute approximate surface area is 65.8 Å². The lowest BCUT2D eigenvalue weighted by molar-refractivity contribution is -0.174. The molecule has 11 heavy (non-hydrogen) atoms. The molecule has 0 radical (unpaired) electrons. The molecule has 0 saturated carbocycles. The first-order valence-electron chi connectivity index (χ1n) is 3.55. The molecule has 0 aromatic carbocycles. The highest BCUT2D eigenvalue weighted by molar-refractivity contribution is 4.42. The number of nitrogens with zero attached hydrogens (tertiary/aromatic N) is 1. The number of rotatable bonds is 7. The van der Waals surface area contributed by atoms with Crippen LogP contribution in [-0.2, 0) is 4.84 Å². The van der Waals surface area contributed by atoms with Crippen molar-refractivity contribution in [3.8, 4) is 0 Å². The lowest BCUT2D eigenvalue weighted by Crippen LogP contribution is -2.31. The molecule has 0 aliphatic heterocycles. The van der Waals surface area contributed by atoms with Gasteiger partial charge < -0.3 is 15.3 Å². The van der Waals surface area contributed by atoms with Crippen LogP contribution >= 0.6 is 0 Å². The van der Waals surface area contributed by atoms with E-state index in [0.29, 0.717) is 13.1 Å². The molecular formula is C6H15NO4. The highest BCUT2D eigenvalue weighted by Gasteiger charge is 2.01. The Balaban J connectivity index is 3.34. The molecule has 0 heterocycles. The van der Waals surface area contributed by atoms with E-state index >= 15 is 0 Å². The molecule has 0 atom stereocenters. The molecule has 0 fully saturated rings. The first-order chi connectivity index (χ1) is 5.35. The summed E-state index contributed by atoms with van der Waals surface area (Å²) in [6, 6.07) is 0. The van der Waals surface area contributed by atoms with Crippen LogP contribution in [0.3, 0.4) is 0 Å². The second kappa shape index (κ2) is 7.90. The van der Waals surface area contributed by atoms with Gasteiger partial charge in [-0.25, -0.2) is 0 Å². The first-order valence-corrected chi connectivity index (χ1v) is 3.55. The van der Waals surface area contributed by atoms with Crippen LogP contribution in [0, 0.1) is 0 Å². The fraction of sp³-hybridized carbons (Fsp3) is 1.00. The standard InChI is InChI=1S/C6H15NO4/c8-3-1-7(2-4-9)11-6-5-10/h8-10H,1-6H2. The van der Waals surface area contributed by atoms with Gasteiger partial charge in [0.1, 0.15) is 0 Å². The van der Waals surface area contributed by atoms with Gasteiger partial charge in [-0.3, -0.25) is 4.84 Å². The van der Waals surface area contributed by atoms with Crippen LogP contribution in [0.2, 0.25) is 0 Å². The molecule has 5 nitrogen and oxygen atoms in total. The molecule has 0 aliphatic rings. The van der Waals surface area contributed by atoms with E-state index in [1.807, 2.05) is 0 Å². The zero-order valence-electron chi connectivity index (χ0n) is 6.44. The smallest absolute Gasteiger partial charge is 0.0916 e. The summed E-state index contributed by atoms with van der Waals surface area (Å²) < 4.78 is 0. The summed E-state index contributed by atoms with van der Waals surface area (Å²) in [4.78, 5) is 4.94. The van der Waals surface area contributed by atoms with E-state index < -0.39 is 0 Å². The lowest BCUT2D eigenvalue weighted by atomic mass is 10.6. The van der Waals surface area contributed by atoms with Crippen LogP contribution in [0.5, 0.6) is 0 Å². The van der Waals surface area contributed by atoms with Gasteiger partial charge in [-0.15, -0.1) is 0 Å². The molecule has 0 spiro atoms. The topological polar surface area (TPSA) is 73.2 Å². The molecule has 0 amide bonds. The normalized spacial score (nSPS) is 10.9. The largest absolute Gasteiger partial charge is 0.395 e. The quantitative estimate of drug-likeness (QED) is 0.388. The maximum absolute atomic E-state index is 8.50. The van der Waals surface area contributed by atoms with Crippen molar-refractivity contribution in [2.75, 3.05) is 39.5 Å². The highest BCUT2D eigenvalue weighted by atomic mass is 16.7. The molecule has 0 aromatic rings. The van der Waals surface area contributed by atoms with E-state index in [1.165, 1.54) is 5.06 Å². The van der Waals surface area contributed by atoms with Gasteiger partial charge in [-0.2, -0.15) is 5.06 Å². The maximum Gasteiger partial charge on any atom is 0.0916 e. The van der Waals surface area contributed by atoms with Crippen LogP contribution in [0.4, 0.5) is 0 Å². The van der Waals surface area contributed by atoms with Crippen LogP contribution in [0.25, 0.3) is 0 Å². The van der Waals surface area contributed by atoms with Crippen molar-refractivity contribution in [1.82, 2.24) is 5.06 Å². The zero-order valence-corrected chi connectivity index (χ0v) is 6.44. The molecule has 0 rings (SSSR count). The first kappa shape index (κ1) is 10.8. The Morgan fingerprint density at radius 1 is 0.909 bits per heavy atom. The average molecular weight is 165 g/mol. The number of aliphatic hydroxyl groups is 3. The Kier molecular flexibility index (Phi) is 7.76.